The molecule has 0 aliphatic carbocycles. The van der Waals surface area contributed by atoms with E-state index < -0.39 is 121 Å². The fourth-order valence-corrected chi connectivity index (χ4v) is 7.82. The van der Waals surface area contributed by atoms with E-state index in [-0.39, 0.29) is 32.1 Å². The van der Waals surface area contributed by atoms with Crippen LogP contribution >= 0.6 is 0 Å². The van der Waals surface area contributed by atoms with Gasteiger partial charge in [0.15, 0.2) is 18.7 Å². The van der Waals surface area contributed by atoms with Gasteiger partial charge in [-0.3, -0.25) is 14.4 Å². The Morgan fingerprint density at radius 3 is 2.23 bits per heavy atom. The van der Waals surface area contributed by atoms with E-state index in [1.165, 1.54) is 7.11 Å². The molecule has 0 spiro atoms. The van der Waals surface area contributed by atoms with E-state index in [9.17, 15) is 34.5 Å². The summed E-state index contributed by atoms with van der Waals surface area (Å²) in [6.07, 6.45) is -4.08. The van der Waals surface area contributed by atoms with E-state index in [2.05, 4.69) is 0 Å². The number of methoxy groups -OCH3 is 1. The minimum atomic E-state index is -1.49. The van der Waals surface area contributed by atoms with Crippen LogP contribution in [0.1, 0.15) is 93.4 Å². The smallest absolute Gasteiger partial charge is 0.309 e. The van der Waals surface area contributed by atoms with Crippen LogP contribution in [0, 0.1) is 11.8 Å². The molecule has 0 radical (unpaired) electrons. The third-order valence-corrected chi connectivity index (χ3v) is 10.9. The van der Waals surface area contributed by atoms with Crippen molar-refractivity contribution in [3.8, 4) is 0 Å². The highest BCUT2D eigenvalue weighted by molar-refractivity contribution is 5.72. The molecule has 0 aromatic rings. The van der Waals surface area contributed by atoms with Crippen molar-refractivity contribution >= 4 is 24.2 Å². The van der Waals surface area contributed by atoms with Crippen molar-refractivity contribution in [1.29, 1.82) is 0 Å². The quantitative estimate of drug-likeness (QED) is 0.147. The molecule has 3 rings (SSSR count). The first-order valence-electron chi connectivity index (χ1n) is 20.1. The molecule has 3 aliphatic heterocycles. The third-order valence-electron chi connectivity index (χ3n) is 10.9. The number of allylic oxidation sites excluding steroid dienone is 2. The molecule has 57 heavy (non-hydrogen) atoms. The van der Waals surface area contributed by atoms with E-state index in [1.54, 1.807) is 78.8 Å². The molecule has 0 bridgehead atoms. The van der Waals surface area contributed by atoms with Gasteiger partial charge in [0.25, 0.3) is 0 Å². The van der Waals surface area contributed by atoms with Gasteiger partial charge in [-0.05, 0) is 60.0 Å². The number of esters is 3. The highest BCUT2D eigenvalue weighted by Gasteiger charge is 2.53. The van der Waals surface area contributed by atoms with Crippen LogP contribution in [-0.2, 0) is 57.1 Å². The number of nitrogens with zero attached hydrogens (tertiary/aromatic N) is 1. The minimum absolute atomic E-state index is 0.000633. The first-order valence-corrected chi connectivity index (χ1v) is 20.1. The largest absolute Gasteiger partial charge is 0.462 e. The summed E-state index contributed by atoms with van der Waals surface area (Å²) in [6, 6.07) is -0.779. The molecule has 16 nitrogen and oxygen atoms in total. The predicted octanol–water partition coefficient (Wildman–Crippen LogP) is 2.77. The Labute approximate surface area is 337 Å². The predicted molar refractivity (Wildman–Crippen MR) is 205 cm³/mol. The molecule has 0 saturated carbocycles. The zero-order valence-corrected chi connectivity index (χ0v) is 35.2. The number of likely N-dealkylation sites (N-methyl/N-ethyl adjacent to an activating group) is 1. The normalized spacial score (nSPS) is 40.5. The van der Waals surface area contributed by atoms with Gasteiger partial charge in [0.1, 0.15) is 42.4 Å². The molecule has 2 fully saturated rings. The summed E-state index contributed by atoms with van der Waals surface area (Å²) in [5.74, 6) is -2.82. The van der Waals surface area contributed by atoms with E-state index in [1.807, 2.05) is 13.0 Å². The summed E-state index contributed by atoms with van der Waals surface area (Å²) >= 11 is 0. The van der Waals surface area contributed by atoms with E-state index in [4.69, 9.17) is 37.9 Å². The Hall–Kier alpha value is -2.80. The Morgan fingerprint density at radius 2 is 1.63 bits per heavy atom. The number of cyclic esters (lactones) is 1. The second-order valence-electron chi connectivity index (χ2n) is 16.0. The van der Waals surface area contributed by atoms with E-state index >= 15 is 0 Å². The van der Waals surface area contributed by atoms with Crippen LogP contribution in [0.25, 0.3) is 0 Å². The number of hydrogen-bond acceptors (Lipinski definition) is 16. The monoisotopic (exact) mass is 813 g/mol. The number of carbonyl (C=O) groups excluding carboxylic acids is 4. The fourth-order valence-electron chi connectivity index (χ4n) is 7.82. The van der Waals surface area contributed by atoms with E-state index in [0.29, 0.717) is 12.7 Å². The van der Waals surface area contributed by atoms with Gasteiger partial charge in [0.2, 0.25) is 0 Å². The number of ether oxygens (including phenoxy) is 8. The van der Waals surface area contributed by atoms with Gasteiger partial charge < -0.3 is 62.9 Å². The molecule has 3 N–H and O–H groups in total. The Bertz CT molecular complexity index is 1350. The Kier molecular flexibility index (Phi) is 19.2. The third kappa shape index (κ3) is 13.6. The first-order chi connectivity index (χ1) is 26.9. The average molecular weight is 814 g/mol. The number of aldehydes is 1. The molecule has 16 unspecified atom stereocenters. The maximum atomic E-state index is 13.3. The van der Waals surface area contributed by atoms with Gasteiger partial charge in [0, 0.05) is 39.2 Å². The zero-order chi connectivity index (χ0) is 42.6. The molecular weight excluding hydrogens is 746 g/mol. The van der Waals surface area contributed by atoms with Crippen LogP contribution in [0.4, 0.5) is 0 Å². The summed E-state index contributed by atoms with van der Waals surface area (Å²) in [6.45, 7) is 11.8. The number of aliphatic hydroxyl groups excluding tert-OH is 2. The Balaban J connectivity index is 2.01. The number of carbonyl (C=O) groups is 4. The number of aliphatic hydroxyl groups is 3. The van der Waals surface area contributed by atoms with Crippen LogP contribution in [0.5, 0.6) is 0 Å². The Morgan fingerprint density at radius 1 is 0.965 bits per heavy atom. The highest BCUT2D eigenvalue weighted by Crippen LogP contribution is 2.37. The van der Waals surface area contributed by atoms with Gasteiger partial charge >= 0.3 is 17.9 Å². The summed E-state index contributed by atoms with van der Waals surface area (Å²) in [5, 5.41) is 34.5. The van der Waals surface area contributed by atoms with Crippen molar-refractivity contribution in [3.63, 3.8) is 0 Å². The lowest BCUT2D eigenvalue weighted by Crippen LogP contribution is -2.66. The van der Waals surface area contributed by atoms with Crippen LogP contribution in [-0.4, -0.2) is 151 Å². The molecule has 0 aromatic carbocycles. The lowest BCUT2D eigenvalue weighted by atomic mass is 9.82. The molecule has 2 saturated heterocycles. The van der Waals surface area contributed by atoms with Gasteiger partial charge in [-0.15, -0.1) is 0 Å². The van der Waals surface area contributed by atoms with Crippen LogP contribution < -0.4 is 0 Å². The van der Waals surface area contributed by atoms with Gasteiger partial charge in [-0.2, -0.15) is 0 Å². The SMILES string of the molecule is CCC(=O)OC1CC(=O)OC(C)CC=C/C=C\C(O)C(C)CC(CC=O)C(OC2OC(C)C(OC3CC(C)(O)C(OC(=O)CC)C(C)O3)C(N(C)C)C2O)C1OC. The molecule has 0 amide bonds. The molecular formula is C41H67NO15. The second-order valence-corrected chi connectivity index (χ2v) is 16.0. The van der Waals surface area contributed by atoms with Crippen molar-refractivity contribution in [3.05, 3.63) is 24.3 Å². The first kappa shape index (κ1) is 48.6. The van der Waals surface area contributed by atoms with Gasteiger partial charge in [0.05, 0.1) is 36.9 Å². The minimum Gasteiger partial charge on any atom is -0.462 e. The fraction of sp³-hybridized carbons (Fsp3) is 0.805. The van der Waals surface area contributed by atoms with Gasteiger partial charge in [-0.1, -0.05) is 45.1 Å². The maximum Gasteiger partial charge on any atom is 0.309 e. The molecule has 326 valence electrons. The molecule has 3 heterocycles. The molecule has 16 atom stereocenters. The lowest BCUT2D eigenvalue weighted by Gasteiger charge is -2.50. The number of rotatable bonds is 12. The van der Waals surface area contributed by atoms with Crippen molar-refractivity contribution in [2.45, 2.75) is 179 Å². The standard InChI is InChI=1S/C41H67NO15/c1-11-30(45)54-29-21-32(47)51-24(4)16-14-13-15-17-28(44)23(3)20-27(18-19-43)37(38(29)50-10)57-40-35(48)34(42(8)9)36(25(5)53-40)56-33-22-41(7,49)39(26(6)52-33)55-31(46)12-2/h13-15,17,19,23-29,33-40,44,48-49H,11-12,16,18,20-22H2,1-10H3/b14-13?,17-15-. The summed E-state index contributed by atoms with van der Waals surface area (Å²) in [7, 11) is 4.86. The molecule has 3 aliphatic rings. The summed E-state index contributed by atoms with van der Waals surface area (Å²) < 4.78 is 48.5. The van der Waals surface area contributed by atoms with Crippen LogP contribution in [0.15, 0.2) is 24.3 Å². The summed E-state index contributed by atoms with van der Waals surface area (Å²) in [4.78, 5) is 52.3. The second kappa shape index (κ2) is 22.5. The van der Waals surface area contributed by atoms with Gasteiger partial charge in [-0.25, -0.2) is 0 Å². The molecule has 16 heteroatoms. The van der Waals surface area contributed by atoms with Crippen molar-refractivity contribution in [2.75, 3.05) is 21.2 Å². The van der Waals surface area contributed by atoms with Crippen molar-refractivity contribution in [1.82, 2.24) is 4.90 Å². The topological polar surface area (TPSA) is 206 Å². The van der Waals surface area contributed by atoms with Crippen LogP contribution in [0.3, 0.4) is 0 Å². The molecule has 0 aromatic heterocycles. The lowest BCUT2D eigenvalue weighted by molar-refractivity contribution is -0.344. The maximum absolute atomic E-state index is 13.3. The number of hydrogen-bond donors (Lipinski definition) is 3. The average Bonchev–Trinajstić information content (AvgIpc) is 3.13. The van der Waals surface area contributed by atoms with Crippen molar-refractivity contribution < 1.29 is 72.4 Å². The summed E-state index contributed by atoms with van der Waals surface area (Å²) in [5.41, 5.74) is -1.49. The van der Waals surface area contributed by atoms with E-state index in [0.717, 1.165) is 0 Å². The van der Waals surface area contributed by atoms with Crippen LogP contribution in [0.2, 0.25) is 0 Å². The zero-order valence-electron chi connectivity index (χ0n) is 35.2. The highest BCUT2D eigenvalue weighted by atomic mass is 16.7. The van der Waals surface area contributed by atoms with Crippen molar-refractivity contribution in [2.24, 2.45) is 11.8 Å².